The summed E-state index contributed by atoms with van der Waals surface area (Å²) in [6, 6.07) is 0.948. The van der Waals surface area contributed by atoms with Crippen LogP contribution >= 0.6 is 0 Å². The molecule has 0 aromatic carbocycles. The maximum atomic E-state index is 12.8. The van der Waals surface area contributed by atoms with E-state index in [4.69, 9.17) is 4.74 Å². The molecule has 1 aliphatic rings. The average molecular weight is 276 g/mol. The van der Waals surface area contributed by atoms with Crippen LogP contribution in [0.2, 0.25) is 0 Å². The predicted octanol–water partition coefficient (Wildman–Crippen LogP) is 1.40. The highest BCUT2D eigenvalue weighted by atomic mass is 19.4. The molecule has 1 aliphatic heterocycles. The maximum absolute atomic E-state index is 12.8. The summed E-state index contributed by atoms with van der Waals surface area (Å²) in [6.07, 6.45) is -4.48. The molecule has 1 saturated heterocycles. The number of anilines is 2. The largest absolute Gasteiger partial charge is 0.433 e. The number of ether oxygens (including phenoxy) is 1. The molecule has 1 aromatic rings. The van der Waals surface area contributed by atoms with Crippen LogP contribution in [0.5, 0.6) is 0 Å². The fourth-order valence-electron chi connectivity index (χ4n) is 1.70. The van der Waals surface area contributed by atoms with Crippen LogP contribution in [-0.2, 0) is 10.9 Å². The van der Waals surface area contributed by atoms with Crippen LogP contribution in [0.25, 0.3) is 0 Å². The van der Waals surface area contributed by atoms with E-state index in [0.717, 1.165) is 6.07 Å². The minimum atomic E-state index is -4.48. The molecule has 1 aromatic heterocycles. The molecule has 1 fully saturated rings. The van der Waals surface area contributed by atoms with Crippen LogP contribution in [0.4, 0.5) is 24.9 Å². The van der Waals surface area contributed by atoms with Gasteiger partial charge in [-0.3, -0.25) is 0 Å². The van der Waals surface area contributed by atoms with Gasteiger partial charge in [0.15, 0.2) is 5.69 Å². The van der Waals surface area contributed by atoms with Crippen LogP contribution in [0.3, 0.4) is 0 Å². The van der Waals surface area contributed by atoms with Crippen LogP contribution in [0, 0.1) is 0 Å². The normalized spacial score (nSPS) is 16.6. The molecule has 0 saturated carbocycles. The summed E-state index contributed by atoms with van der Waals surface area (Å²) in [7, 11) is 3.29. The molecule has 2 heterocycles. The highest BCUT2D eigenvalue weighted by Crippen LogP contribution is 2.30. The molecule has 5 nitrogen and oxygen atoms in total. The molecule has 2 rings (SSSR count). The lowest BCUT2D eigenvalue weighted by Gasteiger charge is -2.28. The zero-order valence-electron chi connectivity index (χ0n) is 10.7. The molecular formula is C11H15F3N4O. The van der Waals surface area contributed by atoms with Gasteiger partial charge in [0.25, 0.3) is 0 Å². The highest BCUT2D eigenvalue weighted by Gasteiger charge is 2.34. The second kappa shape index (κ2) is 5.20. The van der Waals surface area contributed by atoms with Crippen LogP contribution in [0.15, 0.2) is 6.07 Å². The molecule has 0 amide bonds. The smallest absolute Gasteiger partial charge is 0.378 e. The highest BCUT2D eigenvalue weighted by molar-refractivity contribution is 5.45. The molecule has 0 N–H and O–H groups in total. The lowest BCUT2D eigenvalue weighted by Crippen LogP contribution is -2.38. The van der Waals surface area contributed by atoms with Gasteiger partial charge in [-0.15, -0.1) is 0 Å². The van der Waals surface area contributed by atoms with Gasteiger partial charge < -0.3 is 14.5 Å². The summed E-state index contributed by atoms with van der Waals surface area (Å²) < 4.78 is 43.6. The van der Waals surface area contributed by atoms with Gasteiger partial charge in [0.1, 0.15) is 5.82 Å². The molecule has 0 atom stereocenters. The Morgan fingerprint density at radius 3 is 2.37 bits per heavy atom. The van der Waals surface area contributed by atoms with Crippen molar-refractivity contribution in [2.24, 2.45) is 0 Å². The van der Waals surface area contributed by atoms with Crippen molar-refractivity contribution in [3.05, 3.63) is 11.8 Å². The summed E-state index contributed by atoms with van der Waals surface area (Å²) in [5.74, 6) is 0.339. The third kappa shape index (κ3) is 3.25. The maximum Gasteiger partial charge on any atom is 0.433 e. The Morgan fingerprint density at radius 1 is 1.21 bits per heavy atom. The summed E-state index contributed by atoms with van der Waals surface area (Å²) in [6.45, 7) is 1.93. The van der Waals surface area contributed by atoms with E-state index in [-0.39, 0.29) is 11.8 Å². The average Bonchev–Trinajstić information content (AvgIpc) is 2.38. The van der Waals surface area contributed by atoms with Crippen LogP contribution in [0.1, 0.15) is 5.69 Å². The molecular weight excluding hydrogens is 261 g/mol. The van der Waals surface area contributed by atoms with E-state index in [2.05, 4.69) is 9.97 Å². The third-order valence-corrected chi connectivity index (χ3v) is 2.74. The molecule has 19 heavy (non-hydrogen) atoms. The van der Waals surface area contributed by atoms with E-state index in [9.17, 15) is 13.2 Å². The van der Waals surface area contributed by atoms with Crippen molar-refractivity contribution in [2.75, 3.05) is 50.2 Å². The number of aromatic nitrogens is 2. The van der Waals surface area contributed by atoms with Gasteiger partial charge in [-0.05, 0) is 0 Å². The van der Waals surface area contributed by atoms with E-state index in [1.165, 1.54) is 4.90 Å². The van der Waals surface area contributed by atoms with Gasteiger partial charge in [0, 0.05) is 33.3 Å². The van der Waals surface area contributed by atoms with Crippen molar-refractivity contribution < 1.29 is 17.9 Å². The molecule has 0 spiro atoms. The van der Waals surface area contributed by atoms with Gasteiger partial charge in [-0.2, -0.15) is 18.2 Å². The molecule has 106 valence electrons. The predicted molar refractivity (Wildman–Crippen MR) is 64.4 cm³/mol. The number of morpholine rings is 1. The van der Waals surface area contributed by atoms with E-state index >= 15 is 0 Å². The number of hydrogen-bond acceptors (Lipinski definition) is 5. The quantitative estimate of drug-likeness (QED) is 0.816. The standard InChI is InChI=1S/C11H15F3N4O/c1-17(2)9-7-8(11(12,13)14)15-10(16-9)18-3-5-19-6-4-18/h7H,3-6H2,1-2H3. The fourth-order valence-corrected chi connectivity index (χ4v) is 1.70. The lowest BCUT2D eigenvalue weighted by atomic mass is 10.3. The molecule has 0 unspecified atom stereocenters. The first-order valence-corrected chi connectivity index (χ1v) is 5.84. The summed E-state index contributed by atoms with van der Waals surface area (Å²) in [5, 5.41) is 0. The van der Waals surface area contributed by atoms with E-state index < -0.39 is 11.9 Å². The van der Waals surface area contributed by atoms with Crippen molar-refractivity contribution in [1.29, 1.82) is 0 Å². The van der Waals surface area contributed by atoms with Crippen molar-refractivity contribution in [2.45, 2.75) is 6.18 Å². The second-order valence-corrected chi connectivity index (χ2v) is 4.40. The van der Waals surface area contributed by atoms with Gasteiger partial charge >= 0.3 is 6.18 Å². The van der Waals surface area contributed by atoms with Crippen LogP contribution < -0.4 is 9.80 Å². The number of alkyl halides is 3. The van der Waals surface area contributed by atoms with E-state index in [1.54, 1.807) is 19.0 Å². The van der Waals surface area contributed by atoms with Gasteiger partial charge in [-0.25, -0.2) is 4.98 Å². The zero-order valence-corrected chi connectivity index (χ0v) is 10.7. The van der Waals surface area contributed by atoms with Crippen molar-refractivity contribution in [3.8, 4) is 0 Å². The minimum absolute atomic E-state index is 0.0989. The minimum Gasteiger partial charge on any atom is -0.378 e. The first-order valence-electron chi connectivity index (χ1n) is 5.84. The van der Waals surface area contributed by atoms with Crippen molar-refractivity contribution in [1.82, 2.24) is 9.97 Å². The second-order valence-electron chi connectivity index (χ2n) is 4.40. The fraction of sp³-hybridized carbons (Fsp3) is 0.636. The number of hydrogen-bond donors (Lipinski definition) is 0. The summed E-state index contributed by atoms with van der Waals surface area (Å²) in [5.41, 5.74) is -0.923. The first-order chi connectivity index (χ1) is 8.88. The molecule has 0 radical (unpaired) electrons. The van der Waals surface area contributed by atoms with Gasteiger partial charge in [-0.1, -0.05) is 0 Å². The molecule has 0 aliphatic carbocycles. The van der Waals surface area contributed by atoms with Crippen molar-refractivity contribution in [3.63, 3.8) is 0 Å². The van der Waals surface area contributed by atoms with E-state index in [1.807, 2.05) is 0 Å². The van der Waals surface area contributed by atoms with E-state index in [0.29, 0.717) is 26.3 Å². The van der Waals surface area contributed by atoms with Gasteiger partial charge in [0.05, 0.1) is 13.2 Å². The number of rotatable bonds is 2. The lowest BCUT2D eigenvalue weighted by molar-refractivity contribution is -0.141. The SMILES string of the molecule is CN(C)c1cc(C(F)(F)F)nc(N2CCOCC2)n1. The zero-order chi connectivity index (χ0) is 14.0. The molecule has 8 heteroatoms. The monoisotopic (exact) mass is 276 g/mol. The summed E-state index contributed by atoms with van der Waals surface area (Å²) in [4.78, 5) is 11.0. The topological polar surface area (TPSA) is 41.5 Å². The Hall–Kier alpha value is -1.57. The molecule has 0 bridgehead atoms. The Bertz CT molecular complexity index is 444. The first kappa shape index (κ1) is 13.9. The Morgan fingerprint density at radius 2 is 1.84 bits per heavy atom. The summed E-state index contributed by atoms with van der Waals surface area (Å²) >= 11 is 0. The Kier molecular flexibility index (Phi) is 3.79. The number of nitrogens with zero attached hydrogens (tertiary/aromatic N) is 4. The Labute approximate surface area is 109 Å². The van der Waals surface area contributed by atoms with Crippen LogP contribution in [-0.4, -0.2) is 50.4 Å². The van der Waals surface area contributed by atoms with Gasteiger partial charge in [0.2, 0.25) is 5.95 Å². The Balaban J connectivity index is 2.39. The third-order valence-electron chi connectivity index (χ3n) is 2.74. The number of halogens is 3. The van der Waals surface area contributed by atoms with Crippen molar-refractivity contribution >= 4 is 11.8 Å².